The van der Waals surface area contributed by atoms with E-state index < -0.39 is 0 Å². The fourth-order valence-electron chi connectivity index (χ4n) is 2.98. The highest BCUT2D eigenvalue weighted by atomic mass is 35.5. The van der Waals surface area contributed by atoms with Crippen molar-refractivity contribution in [2.45, 2.75) is 32.2 Å². The van der Waals surface area contributed by atoms with Gasteiger partial charge in [-0.3, -0.25) is 4.79 Å². The van der Waals surface area contributed by atoms with Gasteiger partial charge in [0.25, 0.3) is 5.91 Å². The Kier molecular flexibility index (Phi) is 8.16. The maximum Gasteiger partial charge on any atom is 0.266 e. The summed E-state index contributed by atoms with van der Waals surface area (Å²) in [6, 6.07) is 10.4. The van der Waals surface area contributed by atoms with Crippen molar-refractivity contribution in [2.24, 2.45) is 5.73 Å². The number of halogens is 2. The Hall–Kier alpha value is -1.14. The molecule has 1 unspecified atom stereocenters. The standard InChI is InChI=1S/C17H21N3OS.2ClH/c1-12-16(17(21)20-9-5-8-14(20)11-18)22-15(19-12)10-13-6-3-2-4-7-13;;/h2-4,6-7,14H,5,8-11,18H2,1H3;2*1H. The molecule has 2 N–H and O–H groups in total. The molecule has 1 aliphatic rings. The van der Waals surface area contributed by atoms with Crippen molar-refractivity contribution in [1.29, 1.82) is 0 Å². The van der Waals surface area contributed by atoms with Gasteiger partial charge >= 0.3 is 0 Å². The first-order chi connectivity index (χ1) is 10.7. The van der Waals surface area contributed by atoms with Gasteiger partial charge in [0, 0.05) is 25.6 Å². The summed E-state index contributed by atoms with van der Waals surface area (Å²) in [5, 5.41) is 0.996. The van der Waals surface area contributed by atoms with Crippen molar-refractivity contribution in [1.82, 2.24) is 9.88 Å². The Labute approximate surface area is 159 Å². The highest BCUT2D eigenvalue weighted by Crippen LogP contribution is 2.26. The molecule has 24 heavy (non-hydrogen) atoms. The summed E-state index contributed by atoms with van der Waals surface area (Å²) < 4.78 is 0. The van der Waals surface area contributed by atoms with E-state index in [2.05, 4.69) is 17.1 Å². The molecule has 2 heterocycles. The first-order valence-corrected chi connectivity index (χ1v) is 8.52. The van der Waals surface area contributed by atoms with Gasteiger partial charge in [-0.05, 0) is 25.3 Å². The number of carbonyl (C=O) groups excluding carboxylic acids is 1. The van der Waals surface area contributed by atoms with Crippen LogP contribution in [0.5, 0.6) is 0 Å². The van der Waals surface area contributed by atoms with E-state index in [0.29, 0.717) is 6.54 Å². The molecule has 1 amide bonds. The first-order valence-electron chi connectivity index (χ1n) is 7.70. The van der Waals surface area contributed by atoms with Crippen LogP contribution in [0.1, 0.15) is 38.8 Å². The number of amides is 1. The molecule has 132 valence electrons. The van der Waals surface area contributed by atoms with Crippen LogP contribution in [0.4, 0.5) is 0 Å². The highest BCUT2D eigenvalue weighted by Gasteiger charge is 2.30. The lowest BCUT2D eigenvalue weighted by Gasteiger charge is -2.22. The van der Waals surface area contributed by atoms with Crippen LogP contribution in [0.25, 0.3) is 0 Å². The van der Waals surface area contributed by atoms with E-state index >= 15 is 0 Å². The lowest BCUT2D eigenvalue weighted by molar-refractivity contribution is 0.0745. The van der Waals surface area contributed by atoms with Gasteiger partial charge in [0.2, 0.25) is 0 Å². The highest BCUT2D eigenvalue weighted by molar-refractivity contribution is 7.13. The second-order valence-electron chi connectivity index (χ2n) is 5.71. The normalized spacial score (nSPS) is 16.4. The van der Waals surface area contributed by atoms with Gasteiger partial charge in [0.15, 0.2) is 0 Å². The van der Waals surface area contributed by atoms with Gasteiger partial charge in [-0.1, -0.05) is 30.3 Å². The number of rotatable bonds is 4. The van der Waals surface area contributed by atoms with Gasteiger partial charge in [-0.25, -0.2) is 4.98 Å². The molecule has 1 aromatic heterocycles. The Morgan fingerprint density at radius 3 is 2.71 bits per heavy atom. The molecule has 1 fully saturated rings. The van der Waals surface area contributed by atoms with Crippen molar-refractivity contribution in [3.63, 3.8) is 0 Å². The fourth-order valence-corrected chi connectivity index (χ4v) is 4.03. The summed E-state index contributed by atoms with van der Waals surface area (Å²) in [6.45, 7) is 3.28. The van der Waals surface area contributed by atoms with E-state index in [0.717, 1.165) is 41.4 Å². The molecular formula is C17H23Cl2N3OS. The van der Waals surface area contributed by atoms with Crippen molar-refractivity contribution in [3.8, 4) is 0 Å². The van der Waals surface area contributed by atoms with Crippen LogP contribution >= 0.6 is 36.2 Å². The molecule has 0 radical (unpaired) electrons. The Morgan fingerprint density at radius 2 is 2.04 bits per heavy atom. The van der Waals surface area contributed by atoms with Crippen LogP contribution in [0.15, 0.2) is 30.3 Å². The number of nitrogens with zero attached hydrogens (tertiary/aromatic N) is 2. The molecule has 4 nitrogen and oxygen atoms in total. The van der Waals surface area contributed by atoms with Gasteiger partial charge in [0.05, 0.1) is 10.7 Å². The Morgan fingerprint density at radius 1 is 1.33 bits per heavy atom. The van der Waals surface area contributed by atoms with Crippen molar-refractivity contribution in [2.75, 3.05) is 13.1 Å². The van der Waals surface area contributed by atoms with E-state index in [1.807, 2.05) is 30.0 Å². The molecule has 0 saturated carbocycles. The number of aryl methyl sites for hydroxylation is 1. The lowest BCUT2D eigenvalue weighted by Crippen LogP contribution is -2.39. The molecule has 2 aromatic rings. The topological polar surface area (TPSA) is 59.2 Å². The number of nitrogens with two attached hydrogens (primary N) is 1. The quantitative estimate of drug-likeness (QED) is 0.873. The zero-order valence-corrected chi connectivity index (χ0v) is 16.1. The lowest BCUT2D eigenvalue weighted by atomic mass is 10.2. The number of likely N-dealkylation sites (tertiary alicyclic amines) is 1. The van der Waals surface area contributed by atoms with E-state index in [1.165, 1.54) is 16.9 Å². The third kappa shape index (κ3) is 4.48. The largest absolute Gasteiger partial charge is 0.334 e. The van der Waals surface area contributed by atoms with Gasteiger partial charge < -0.3 is 10.6 Å². The predicted molar refractivity (Wildman–Crippen MR) is 104 cm³/mol. The number of hydrogen-bond acceptors (Lipinski definition) is 4. The number of thiazole rings is 1. The maximum atomic E-state index is 12.7. The average Bonchev–Trinajstić information content (AvgIpc) is 3.14. The van der Waals surface area contributed by atoms with Crippen molar-refractivity contribution < 1.29 is 4.79 Å². The third-order valence-electron chi connectivity index (χ3n) is 4.14. The van der Waals surface area contributed by atoms with Crippen molar-refractivity contribution in [3.05, 3.63) is 51.5 Å². The van der Waals surface area contributed by atoms with E-state index in [9.17, 15) is 4.79 Å². The van der Waals surface area contributed by atoms with Crippen LogP contribution in [-0.2, 0) is 6.42 Å². The van der Waals surface area contributed by atoms with Crippen LogP contribution in [0.3, 0.4) is 0 Å². The minimum absolute atomic E-state index is 0. The van der Waals surface area contributed by atoms with E-state index in [1.54, 1.807) is 0 Å². The van der Waals surface area contributed by atoms with E-state index in [-0.39, 0.29) is 36.8 Å². The van der Waals surface area contributed by atoms with Gasteiger partial charge in [0.1, 0.15) is 4.88 Å². The average molecular weight is 388 g/mol. The predicted octanol–water partition coefficient (Wildman–Crippen LogP) is 3.45. The monoisotopic (exact) mass is 387 g/mol. The molecule has 1 saturated heterocycles. The molecule has 0 spiro atoms. The van der Waals surface area contributed by atoms with Crippen LogP contribution in [-0.4, -0.2) is 34.9 Å². The Bertz CT molecular complexity index is 663. The summed E-state index contributed by atoms with van der Waals surface area (Å²) in [5.74, 6) is 0.0993. The molecule has 0 aliphatic carbocycles. The summed E-state index contributed by atoms with van der Waals surface area (Å²) in [6.07, 6.45) is 2.83. The van der Waals surface area contributed by atoms with Crippen LogP contribution < -0.4 is 5.73 Å². The zero-order valence-electron chi connectivity index (χ0n) is 13.6. The molecule has 7 heteroatoms. The van der Waals surface area contributed by atoms with E-state index in [4.69, 9.17) is 5.73 Å². The summed E-state index contributed by atoms with van der Waals surface area (Å²) in [4.78, 5) is 20.0. The first kappa shape index (κ1) is 20.9. The molecule has 1 atom stereocenters. The fraction of sp³-hybridized carbons (Fsp3) is 0.412. The van der Waals surface area contributed by atoms with Gasteiger partial charge in [-0.15, -0.1) is 36.2 Å². The number of benzene rings is 1. The Balaban J connectivity index is 0.00000144. The number of hydrogen-bond donors (Lipinski definition) is 1. The molecule has 3 rings (SSSR count). The third-order valence-corrected chi connectivity index (χ3v) is 5.29. The van der Waals surface area contributed by atoms with Crippen LogP contribution in [0, 0.1) is 6.92 Å². The molecular weight excluding hydrogens is 365 g/mol. The van der Waals surface area contributed by atoms with Gasteiger partial charge in [-0.2, -0.15) is 0 Å². The number of aromatic nitrogens is 1. The molecule has 1 aromatic carbocycles. The smallest absolute Gasteiger partial charge is 0.266 e. The second-order valence-corrected chi connectivity index (χ2v) is 6.80. The maximum absolute atomic E-state index is 12.7. The SMILES string of the molecule is Cc1nc(Cc2ccccc2)sc1C(=O)N1CCCC1CN.Cl.Cl. The molecule has 1 aliphatic heterocycles. The zero-order chi connectivity index (χ0) is 15.5. The summed E-state index contributed by atoms with van der Waals surface area (Å²) >= 11 is 1.52. The summed E-state index contributed by atoms with van der Waals surface area (Å²) in [5.41, 5.74) is 7.83. The minimum atomic E-state index is 0. The number of carbonyl (C=O) groups is 1. The summed E-state index contributed by atoms with van der Waals surface area (Å²) in [7, 11) is 0. The molecule has 0 bridgehead atoms. The van der Waals surface area contributed by atoms with Crippen LogP contribution in [0.2, 0.25) is 0 Å². The van der Waals surface area contributed by atoms with Crippen molar-refractivity contribution >= 4 is 42.1 Å². The second kappa shape index (κ2) is 9.37. The minimum Gasteiger partial charge on any atom is -0.334 e.